The SMILES string of the molecule is O=C(COc1ccc(Cl)cc1Cl)NN=Cc1ccc(F)cc1Cl. The summed E-state index contributed by atoms with van der Waals surface area (Å²) in [7, 11) is 0. The number of hydrazone groups is 1. The van der Waals surface area contributed by atoms with Crippen molar-refractivity contribution in [1.29, 1.82) is 0 Å². The normalized spacial score (nSPS) is 10.8. The summed E-state index contributed by atoms with van der Waals surface area (Å²) in [6.07, 6.45) is 1.30. The Hall–Kier alpha value is -1.82. The van der Waals surface area contributed by atoms with E-state index in [-0.39, 0.29) is 11.6 Å². The Morgan fingerprint density at radius 2 is 1.96 bits per heavy atom. The quantitative estimate of drug-likeness (QED) is 0.625. The molecular formula is C15H10Cl3FN2O2. The third-order valence-corrected chi connectivity index (χ3v) is 3.47. The molecule has 2 rings (SSSR count). The molecule has 0 fully saturated rings. The zero-order chi connectivity index (χ0) is 16.8. The molecule has 2 aromatic carbocycles. The maximum atomic E-state index is 12.9. The third kappa shape index (κ3) is 5.39. The number of carbonyl (C=O) groups excluding carboxylic acids is 1. The predicted octanol–water partition coefficient (Wildman–Crippen LogP) is 4.32. The van der Waals surface area contributed by atoms with Gasteiger partial charge in [-0.2, -0.15) is 5.10 Å². The Kier molecular flexibility index (Phi) is 6.21. The number of nitrogens with one attached hydrogen (secondary N) is 1. The smallest absolute Gasteiger partial charge is 0.277 e. The molecular weight excluding hydrogens is 366 g/mol. The van der Waals surface area contributed by atoms with Gasteiger partial charge in [-0.25, -0.2) is 9.82 Å². The van der Waals surface area contributed by atoms with Gasteiger partial charge in [0.05, 0.1) is 16.3 Å². The number of benzene rings is 2. The van der Waals surface area contributed by atoms with Crippen LogP contribution in [0.4, 0.5) is 4.39 Å². The van der Waals surface area contributed by atoms with Gasteiger partial charge in [-0.1, -0.05) is 34.8 Å². The van der Waals surface area contributed by atoms with Crippen LogP contribution in [-0.2, 0) is 4.79 Å². The van der Waals surface area contributed by atoms with Gasteiger partial charge in [-0.15, -0.1) is 0 Å². The van der Waals surface area contributed by atoms with Gasteiger partial charge in [0.15, 0.2) is 6.61 Å². The van der Waals surface area contributed by atoms with Crippen molar-refractivity contribution in [2.45, 2.75) is 0 Å². The van der Waals surface area contributed by atoms with Crippen LogP contribution in [-0.4, -0.2) is 18.7 Å². The number of nitrogens with zero attached hydrogens (tertiary/aromatic N) is 1. The van der Waals surface area contributed by atoms with E-state index in [0.29, 0.717) is 21.4 Å². The highest BCUT2D eigenvalue weighted by molar-refractivity contribution is 6.35. The molecule has 8 heteroatoms. The fourth-order valence-corrected chi connectivity index (χ4v) is 2.23. The summed E-state index contributed by atoms with van der Waals surface area (Å²) in [4.78, 5) is 11.6. The first-order valence-corrected chi connectivity index (χ1v) is 7.44. The summed E-state index contributed by atoms with van der Waals surface area (Å²) in [5.41, 5.74) is 2.73. The number of carbonyl (C=O) groups is 1. The number of amides is 1. The van der Waals surface area contributed by atoms with Crippen molar-refractivity contribution in [1.82, 2.24) is 5.43 Å². The van der Waals surface area contributed by atoms with E-state index in [1.807, 2.05) is 0 Å². The lowest BCUT2D eigenvalue weighted by molar-refractivity contribution is -0.123. The Morgan fingerprint density at radius 3 is 2.65 bits per heavy atom. The fourth-order valence-electron chi connectivity index (χ4n) is 1.55. The lowest BCUT2D eigenvalue weighted by Gasteiger charge is -2.07. The molecule has 2 aromatic rings. The Balaban J connectivity index is 1.86. The molecule has 0 bridgehead atoms. The first kappa shape index (κ1) is 17.5. The molecule has 1 N–H and O–H groups in total. The summed E-state index contributed by atoms with van der Waals surface area (Å²) >= 11 is 17.5. The van der Waals surface area contributed by atoms with Crippen molar-refractivity contribution in [3.63, 3.8) is 0 Å². The molecule has 0 aliphatic rings. The number of rotatable bonds is 5. The molecule has 0 saturated carbocycles. The molecule has 120 valence electrons. The van der Waals surface area contributed by atoms with Crippen molar-refractivity contribution in [2.24, 2.45) is 5.10 Å². The average Bonchev–Trinajstić information content (AvgIpc) is 2.48. The Bertz CT molecular complexity index is 753. The van der Waals surface area contributed by atoms with E-state index in [4.69, 9.17) is 39.5 Å². The molecule has 0 atom stereocenters. The van der Waals surface area contributed by atoms with Gasteiger partial charge in [-0.3, -0.25) is 4.79 Å². The first-order valence-electron chi connectivity index (χ1n) is 6.30. The van der Waals surface area contributed by atoms with Crippen LogP contribution in [0.15, 0.2) is 41.5 Å². The third-order valence-electron chi connectivity index (χ3n) is 2.61. The van der Waals surface area contributed by atoms with Crippen molar-refractivity contribution >= 4 is 46.9 Å². The topological polar surface area (TPSA) is 50.7 Å². The maximum Gasteiger partial charge on any atom is 0.277 e. The highest BCUT2D eigenvalue weighted by Gasteiger charge is 2.06. The summed E-state index contributed by atoms with van der Waals surface area (Å²) < 4.78 is 18.1. The van der Waals surface area contributed by atoms with E-state index in [1.165, 1.54) is 24.4 Å². The van der Waals surface area contributed by atoms with Crippen molar-refractivity contribution in [3.8, 4) is 5.75 Å². The zero-order valence-electron chi connectivity index (χ0n) is 11.5. The van der Waals surface area contributed by atoms with Crippen LogP contribution in [0.25, 0.3) is 0 Å². The second-order valence-electron chi connectivity index (χ2n) is 4.32. The summed E-state index contributed by atoms with van der Waals surface area (Å²) in [6.45, 7) is -0.282. The van der Waals surface area contributed by atoms with Gasteiger partial charge < -0.3 is 4.74 Å². The predicted molar refractivity (Wildman–Crippen MR) is 89.1 cm³/mol. The van der Waals surface area contributed by atoms with Crippen LogP contribution in [0, 0.1) is 5.82 Å². The maximum absolute atomic E-state index is 12.9. The van der Waals surface area contributed by atoms with E-state index in [1.54, 1.807) is 12.1 Å². The average molecular weight is 376 g/mol. The van der Waals surface area contributed by atoms with Crippen LogP contribution in [0.5, 0.6) is 5.75 Å². The molecule has 0 spiro atoms. The van der Waals surface area contributed by atoms with E-state index in [2.05, 4.69) is 10.5 Å². The highest BCUT2D eigenvalue weighted by Crippen LogP contribution is 2.27. The number of ether oxygens (including phenoxy) is 1. The zero-order valence-corrected chi connectivity index (χ0v) is 13.8. The van der Waals surface area contributed by atoms with Gasteiger partial charge in [0.25, 0.3) is 5.91 Å². The molecule has 0 aromatic heterocycles. The minimum atomic E-state index is -0.495. The molecule has 0 radical (unpaired) electrons. The molecule has 23 heavy (non-hydrogen) atoms. The van der Waals surface area contributed by atoms with Crippen LogP contribution in [0.2, 0.25) is 15.1 Å². The second-order valence-corrected chi connectivity index (χ2v) is 5.57. The second kappa shape index (κ2) is 8.15. The highest BCUT2D eigenvalue weighted by atomic mass is 35.5. The molecule has 0 aliphatic carbocycles. The monoisotopic (exact) mass is 374 g/mol. The summed E-state index contributed by atoms with van der Waals surface area (Å²) in [6, 6.07) is 8.48. The molecule has 1 amide bonds. The van der Waals surface area contributed by atoms with Gasteiger partial charge in [0.2, 0.25) is 0 Å². The largest absolute Gasteiger partial charge is 0.482 e. The van der Waals surface area contributed by atoms with E-state index in [0.717, 1.165) is 6.07 Å². The Labute approximate surface area is 146 Å². The van der Waals surface area contributed by atoms with E-state index < -0.39 is 11.7 Å². The molecule has 0 heterocycles. The lowest BCUT2D eigenvalue weighted by Crippen LogP contribution is -2.24. The van der Waals surface area contributed by atoms with Crippen LogP contribution >= 0.6 is 34.8 Å². The lowest BCUT2D eigenvalue weighted by atomic mass is 10.2. The molecule has 0 aliphatic heterocycles. The van der Waals surface area contributed by atoms with Gasteiger partial charge >= 0.3 is 0 Å². The summed E-state index contributed by atoms with van der Waals surface area (Å²) in [5, 5.41) is 4.67. The number of halogens is 4. The number of hydrogen-bond acceptors (Lipinski definition) is 3. The van der Waals surface area contributed by atoms with Crippen LogP contribution < -0.4 is 10.2 Å². The molecule has 0 saturated heterocycles. The van der Waals surface area contributed by atoms with Gasteiger partial charge in [0.1, 0.15) is 11.6 Å². The first-order chi connectivity index (χ1) is 11.0. The fraction of sp³-hybridized carbons (Fsp3) is 0.0667. The standard InChI is InChI=1S/C15H10Cl3FN2O2/c16-10-2-4-14(13(18)5-10)23-8-15(22)21-20-7-9-1-3-11(19)6-12(9)17/h1-7H,8H2,(H,21,22). The summed E-state index contributed by atoms with van der Waals surface area (Å²) in [5.74, 6) is -0.619. The van der Waals surface area contributed by atoms with Crippen molar-refractivity contribution < 1.29 is 13.9 Å². The Morgan fingerprint density at radius 1 is 1.17 bits per heavy atom. The number of hydrogen-bond donors (Lipinski definition) is 1. The van der Waals surface area contributed by atoms with Gasteiger partial charge in [-0.05, 0) is 36.4 Å². The van der Waals surface area contributed by atoms with Gasteiger partial charge in [0, 0.05) is 10.6 Å². The van der Waals surface area contributed by atoms with E-state index >= 15 is 0 Å². The molecule has 0 unspecified atom stereocenters. The van der Waals surface area contributed by atoms with E-state index in [9.17, 15) is 9.18 Å². The van der Waals surface area contributed by atoms with Crippen molar-refractivity contribution in [3.05, 3.63) is 62.8 Å². The van der Waals surface area contributed by atoms with Crippen molar-refractivity contribution in [2.75, 3.05) is 6.61 Å². The molecule has 4 nitrogen and oxygen atoms in total. The minimum Gasteiger partial charge on any atom is -0.482 e. The van der Waals surface area contributed by atoms with Crippen LogP contribution in [0.3, 0.4) is 0 Å². The van der Waals surface area contributed by atoms with Crippen LogP contribution in [0.1, 0.15) is 5.56 Å². The minimum absolute atomic E-state index is 0.187.